The molecule has 1 saturated carbocycles. The number of carbonyl (C=O) groups is 2. The number of carbonyl (C=O) groups excluding carboxylic acids is 2. The predicted octanol–water partition coefficient (Wildman–Crippen LogP) is 1.53. The van der Waals surface area contributed by atoms with Gasteiger partial charge in [-0.15, -0.1) is 12.4 Å². The Bertz CT molecular complexity index is 472. The van der Waals surface area contributed by atoms with E-state index < -0.39 is 0 Å². The minimum absolute atomic E-state index is 0. The standard InChI is InChI=1S/C14H19N3O2.ClH/c1-9(8-15)13(18)16-11-4-2-10(3-5-11)14(19)17-12-6-7-12;/h2-5,9,12H,6-8,15H2,1H3,(H,16,18)(H,17,19);1H. The van der Waals surface area contributed by atoms with Crippen LogP contribution in [0.1, 0.15) is 30.1 Å². The second-order valence-corrected chi connectivity index (χ2v) is 4.95. The fourth-order valence-corrected chi connectivity index (χ4v) is 1.57. The third-order valence-corrected chi connectivity index (χ3v) is 3.13. The van der Waals surface area contributed by atoms with Gasteiger partial charge in [-0.1, -0.05) is 6.92 Å². The molecule has 2 rings (SSSR count). The zero-order valence-corrected chi connectivity index (χ0v) is 12.2. The maximum atomic E-state index is 11.8. The van der Waals surface area contributed by atoms with Crippen LogP contribution >= 0.6 is 12.4 Å². The monoisotopic (exact) mass is 297 g/mol. The molecule has 0 spiro atoms. The minimum atomic E-state index is -0.224. The molecule has 0 radical (unpaired) electrons. The number of halogens is 1. The average Bonchev–Trinajstić information content (AvgIpc) is 3.22. The number of nitrogens with one attached hydrogen (secondary N) is 2. The van der Waals surface area contributed by atoms with Crippen LogP contribution in [0.3, 0.4) is 0 Å². The van der Waals surface area contributed by atoms with Gasteiger partial charge in [0, 0.05) is 29.8 Å². The van der Waals surface area contributed by atoms with E-state index in [-0.39, 0.29) is 30.1 Å². The molecule has 1 aliphatic rings. The molecule has 2 amide bonds. The lowest BCUT2D eigenvalue weighted by Gasteiger charge is -2.10. The summed E-state index contributed by atoms with van der Waals surface area (Å²) >= 11 is 0. The number of benzene rings is 1. The Morgan fingerprint density at radius 2 is 1.90 bits per heavy atom. The summed E-state index contributed by atoms with van der Waals surface area (Å²) in [6.07, 6.45) is 2.13. The van der Waals surface area contributed by atoms with Crippen molar-refractivity contribution >= 4 is 29.9 Å². The quantitative estimate of drug-likeness (QED) is 0.770. The van der Waals surface area contributed by atoms with Crippen LogP contribution in [0, 0.1) is 5.92 Å². The van der Waals surface area contributed by atoms with Gasteiger partial charge in [0.2, 0.25) is 5.91 Å². The SMILES string of the molecule is CC(CN)C(=O)Nc1ccc(C(=O)NC2CC2)cc1.Cl. The molecule has 1 atom stereocenters. The van der Waals surface area contributed by atoms with Gasteiger partial charge in [-0.05, 0) is 37.1 Å². The summed E-state index contributed by atoms with van der Waals surface area (Å²) in [5, 5.41) is 5.68. The Morgan fingerprint density at radius 3 is 2.40 bits per heavy atom. The van der Waals surface area contributed by atoms with Crippen LogP contribution in [0.4, 0.5) is 5.69 Å². The molecular formula is C14H20ClN3O2. The van der Waals surface area contributed by atoms with Crippen LogP contribution in [0.15, 0.2) is 24.3 Å². The van der Waals surface area contributed by atoms with Crippen molar-refractivity contribution in [2.24, 2.45) is 11.7 Å². The van der Waals surface area contributed by atoms with Gasteiger partial charge in [0.1, 0.15) is 0 Å². The molecule has 0 heterocycles. The Labute approximate surface area is 124 Å². The van der Waals surface area contributed by atoms with Crippen molar-refractivity contribution in [1.29, 1.82) is 0 Å². The molecule has 6 heteroatoms. The van der Waals surface area contributed by atoms with Crippen LogP contribution in [0.5, 0.6) is 0 Å². The minimum Gasteiger partial charge on any atom is -0.349 e. The van der Waals surface area contributed by atoms with Gasteiger partial charge in [-0.25, -0.2) is 0 Å². The van der Waals surface area contributed by atoms with Crippen molar-refractivity contribution in [3.63, 3.8) is 0 Å². The zero-order valence-electron chi connectivity index (χ0n) is 11.4. The number of rotatable bonds is 5. The molecule has 1 aromatic carbocycles. The number of hydrogen-bond acceptors (Lipinski definition) is 3. The maximum absolute atomic E-state index is 11.8. The predicted molar refractivity (Wildman–Crippen MR) is 81.0 cm³/mol. The topological polar surface area (TPSA) is 84.2 Å². The summed E-state index contributed by atoms with van der Waals surface area (Å²) in [5.41, 5.74) is 6.71. The summed E-state index contributed by atoms with van der Waals surface area (Å²) in [7, 11) is 0. The highest BCUT2D eigenvalue weighted by atomic mass is 35.5. The van der Waals surface area contributed by atoms with E-state index in [2.05, 4.69) is 10.6 Å². The molecular weight excluding hydrogens is 278 g/mol. The van der Waals surface area contributed by atoms with Crippen molar-refractivity contribution in [2.45, 2.75) is 25.8 Å². The normalized spacial score (nSPS) is 14.9. The molecule has 5 nitrogen and oxygen atoms in total. The summed E-state index contributed by atoms with van der Waals surface area (Å²) in [5.74, 6) is -0.397. The molecule has 0 bridgehead atoms. The number of nitrogens with two attached hydrogens (primary N) is 1. The molecule has 1 aliphatic carbocycles. The number of amides is 2. The largest absolute Gasteiger partial charge is 0.349 e. The van der Waals surface area contributed by atoms with Gasteiger partial charge >= 0.3 is 0 Å². The Kier molecular flexibility index (Phi) is 5.98. The van der Waals surface area contributed by atoms with Crippen LogP contribution in [0.25, 0.3) is 0 Å². The van der Waals surface area contributed by atoms with E-state index >= 15 is 0 Å². The molecule has 1 unspecified atom stereocenters. The highest BCUT2D eigenvalue weighted by Crippen LogP contribution is 2.19. The van der Waals surface area contributed by atoms with Gasteiger partial charge in [-0.3, -0.25) is 9.59 Å². The van der Waals surface area contributed by atoms with E-state index in [0.717, 1.165) is 12.8 Å². The van der Waals surface area contributed by atoms with E-state index in [9.17, 15) is 9.59 Å². The van der Waals surface area contributed by atoms with Gasteiger partial charge < -0.3 is 16.4 Å². The highest BCUT2D eigenvalue weighted by molar-refractivity contribution is 5.96. The Balaban J connectivity index is 0.00000200. The molecule has 1 aromatic rings. The second kappa shape index (κ2) is 7.26. The van der Waals surface area contributed by atoms with Crippen LogP contribution < -0.4 is 16.4 Å². The fraction of sp³-hybridized carbons (Fsp3) is 0.429. The van der Waals surface area contributed by atoms with Crippen molar-refractivity contribution in [3.8, 4) is 0 Å². The lowest BCUT2D eigenvalue weighted by molar-refractivity contribution is -0.119. The first-order valence-corrected chi connectivity index (χ1v) is 6.52. The van der Waals surface area contributed by atoms with E-state index in [1.807, 2.05) is 0 Å². The fourth-order valence-electron chi connectivity index (χ4n) is 1.57. The second-order valence-electron chi connectivity index (χ2n) is 4.95. The number of anilines is 1. The van der Waals surface area contributed by atoms with Crippen LogP contribution in [0.2, 0.25) is 0 Å². The first-order chi connectivity index (χ1) is 9.10. The summed E-state index contributed by atoms with van der Waals surface area (Å²) in [6.45, 7) is 2.08. The lowest BCUT2D eigenvalue weighted by atomic mass is 10.1. The lowest BCUT2D eigenvalue weighted by Crippen LogP contribution is -2.27. The Hall–Kier alpha value is -1.59. The van der Waals surface area contributed by atoms with Gasteiger partial charge in [0.25, 0.3) is 5.91 Å². The summed E-state index contributed by atoms with van der Waals surface area (Å²) < 4.78 is 0. The highest BCUT2D eigenvalue weighted by Gasteiger charge is 2.23. The van der Waals surface area contributed by atoms with Gasteiger partial charge in [-0.2, -0.15) is 0 Å². The number of hydrogen-bond donors (Lipinski definition) is 3. The zero-order chi connectivity index (χ0) is 13.8. The van der Waals surface area contributed by atoms with Crippen molar-refractivity contribution in [2.75, 3.05) is 11.9 Å². The molecule has 1 fully saturated rings. The average molecular weight is 298 g/mol. The smallest absolute Gasteiger partial charge is 0.251 e. The third kappa shape index (κ3) is 4.51. The van der Waals surface area contributed by atoms with E-state index in [0.29, 0.717) is 23.8 Å². The van der Waals surface area contributed by atoms with Crippen LogP contribution in [-0.4, -0.2) is 24.4 Å². The first kappa shape index (κ1) is 16.5. The van der Waals surface area contributed by atoms with E-state index in [1.165, 1.54) is 0 Å². The first-order valence-electron chi connectivity index (χ1n) is 6.52. The molecule has 110 valence electrons. The van der Waals surface area contributed by atoms with E-state index in [1.54, 1.807) is 31.2 Å². The molecule has 0 saturated heterocycles. The van der Waals surface area contributed by atoms with Gasteiger partial charge in [0.15, 0.2) is 0 Å². The maximum Gasteiger partial charge on any atom is 0.251 e. The summed E-state index contributed by atoms with van der Waals surface area (Å²) in [6, 6.07) is 7.21. The molecule has 0 aliphatic heterocycles. The molecule has 20 heavy (non-hydrogen) atoms. The van der Waals surface area contributed by atoms with Crippen molar-refractivity contribution in [1.82, 2.24) is 5.32 Å². The van der Waals surface area contributed by atoms with Crippen molar-refractivity contribution in [3.05, 3.63) is 29.8 Å². The van der Waals surface area contributed by atoms with E-state index in [4.69, 9.17) is 5.73 Å². The van der Waals surface area contributed by atoms with Crippen LogP contribution in [-0.2, 0) is 4.79 Å². The summed E-state index contributed by atoms with van der Waals surface area (Å²) in [4.78, 5) is 23.4. The molecule has 4 N–H and O–H groups in total. The van der Waals surface area contributed by atoms with Gasteiger partial charge in [0.05, 0.1) is 0 Å². The Morgan fingerprint density at radius 1 is 1.30 bits per heavy atom. The third-order valence-electron chi connectivity index (χ3n) is 3.13. The van der Waals surface area contributed by atoms with Crippen molar-refractivity contribution < 1.29 is 9.59 Å². The molecule has 0 aromatic heterocycles.